The molecule has 0 aliphatic carbocycles. The van der Waals surface area contributed by atoms with Gasteiger partial charge >= 0.3 is 6.03 Å². The molecule has 29 heavy (non-hydrogen) atoms. The van der Waals surface area contributed by atoms with Crippen LogP contribution in [0.1, 0.15) is 24.1 Å². The summed E-state index contributed by atoms with van der Waals surface area (Å²) in [6, 6.07) is 10.9. The molecule has 0 radical (unpaired) electrons. The van der Waals surface area contributed by atoms with E-state index >= 15 is 0 Å². The van der Waals surface area contributed by atoms with Gasteiger partial charge in [-0.05, 0) is 59.7 Å². The van der Waals surface area contributed by atoms with Crippen molar-refractivity contribution in [3.05, 3.63) is 59.9 Å². The van der Waals surface area contributed by atoms with E-state index in [9.17, 15) is 13.2 Å². The number of primary sulfonamides is 1. The number of rotatable bonds is 5. The summed E-state index contributed by atoms with van der Waals surface area (Å²) in [5, 5.41) is 19.1. The monoisotopic (exact) mass is 415 g/mol. The molecular formula is C18H21N7O3S. The molecule has 0 saturated heterocycles. The fourth-order valence-electron chi connectivity index (χ4n) is 2.75. The molecular weight excluding hydrogens is 394 g/mol. The molecule has 0 aliphatic rings. The van der Waals surface area contributed by atoms with Crippen LogP contribution in [-0.4, -0.2) is 46.6 Å². The molecule has 3 N–H and O–H groups in total. The predicted molar refractivity (Wildman–Crippen MR) is 107 cm³/mol. The highest BCUT2D eigenvalue weighted by Gasteiger charge is 2.19. The minimum Gasteiger partial charge on any atom is -0.321 e. The summed E-state index contributed by atoms with van der Waals surface area (Å²) in [5.41, 5.74) is 3.07. The standard InChI is InChI=1S/C18H21N7O3S/c1-12-4-7-15(10-17(12)25-11-20-22-23-25)21-18(26)24(3)13(2)14-5-8-16(9-6-14)29(19,27)28/h4-11,13H,1-3H3,(H,21,26)(H2,19,27,28). The van der Waals surface area contributed by atoms with E-state index < -0.39 is 10.0 Å². The number of amides is 2. The minimum atomic E-state index is -3.76. The Morgan fingerprint density at radius 1 is 1.21 bits per heavy atom. The largest absolute Gasteiger partial charge is 0.322 e. The van der Waals surface area contributed by atoms with Crippen LogP contribution < -0.4 is 10.5 Å². The zero-order valence-corrected chi connectivity index (χ0v) is 17.0. The fourth-order valence-corrected chi connectivity index (χ4v) is 3.27. The average molecular weight is 415 g/mol. The number of aryl methyl sites for hydroxylation is 1. The summed E-state index contributed by atoms with van der Waals surface area (Å²) in [5.74, 6) is 0. The molecule has 1 heterocycles. The third-order valence-corrected chi connectivity index (χ3v) is 5.58. The van der Waals surface area contributed by atoms with Gasteiger partial charge in [0, 0.05) is 12.7 Å². The number of hydrogen-bond donors (Lipinski definition) is 2. The Balaban J connectivity index is 1.74. The Kier molecular flexibility index (Phi) is 5.62. The van der Waals surface area contributed by atoms with E-state index in [1.807, 2.05) is 19.9 Å². The van der Waals surface area contributed by atoms with Crippen molar-refractivity contribution in [2.45, 2.75) is 24.8 Å². The van der Waals surface area contributed by atoms with Crippen molar-refractivity contribution < 1.29 is 13.2 Å². The van der Waals surface area contributed by atoms with Gasteiger partial charge in [-0.2, -0.15) is 0 Å². The number of hydrogen-bond acceptors (Lipinski definition) is 6. The summed E-state index contributed by atoms with van der Waals surface area (Å²) in [6.07, 6.45) is 1.48. The Bertz CT molecular complexity index is 1110. The number of tetrazole rings is 1. The lowest BCUT2D eigenvalue weighted by Gasteiger charge is -2.26. The van der Waals surface area contributed by atoms with Crippen molar-refractivity contribution in [2.24, 2.45) is 5.14 Å². The van der Waals surface area contributed by atoms with Gasteiger partial charge in [0.15, 0.2) is 0 Å². The first-order valence-corrected chi connectivity index (χ1v) is 10.2. The number of nitrogens with two attached hydrogens (primary N) is 1. The van der Waals surface area contributed by atoms with Crippen LogP contribution in [0, 0.1) is 6.92 Å². The van der Waals surface area contributed by atoms with E-state index in [0.717, 1.165) is 16.8 Å². The van der Waals surface area contributed by atoms with E-state index in [0.29, 0.717) is 5.69 Å². The third kappa shape index (κ3) is 4.58. The van der Waals surface area contributed by atoms with Gasteiger partial charge in [-0.1, -0.05) is 18.2 Å². The van der Waals surface area contributed by atoms with E-state index in [1.165, 1.54) is 28.0 Å². The predicted octanol–water partition coefficient (Wildman–Crippen LogP) is 1.84. The van der Waals surface area contributed by atoms with Crippen molar-refractivity contribution in [1.82, 2.24) is 25.1 Å². The van der Waals surface area contributed by atoms with Crippen LogP contribution in [-0.2, 0) is 10.0 Å². The van der Waals surface area contributed by atoms with E-state index in [4.69, 9.17) is 5.14 Å². The van der Waals surface area contributed by atoms with Crippen molar-refractivity contribution >= 4 is 21.7 Å². The second-order valence-electron chi connectivity index (χ2n) is 6.59. The number of nitrogens with zero attached hydrogens (tertiary/aromatic N) is 5. The molecule has 1 unspecified atom stereocenters. The molecule has 11 heteroatoms. The lowest BCUT2D eigenvalue weighted by Crippen LogP contribution is -2.33. The van der Waals surface area contributed by atoms with Crippen LogP contribution in [0.5, 0.6) is 0 Å². The van der Waals surface area contributed by atoms with E-state index in [-0.39, 0.29) is 17.0 Å². The summed E-state index contributed by atoms with van der Waals surface area (Å²) in [7, 11) is -2.10. The first-order valence-electron chi connectivity index (χ1n) is 8.67. The molecule has 0 fully saturated rings. The average Bonchev–Trinajstić information content (AvgIpc) is 3.22. The molecule has 0 spiro atoms. The third-order valence-electron chi connectivity index (χ3n) is 4.65. The van der Waals surface area contributed by atoms with Gasteiger partial charge in [0.05, 0.1) is 16.6 Å². The van der Waals surface area contributed by atoms with Crippen LogP contribution >= 0.6 is 0 Å². The number of urea groups is 1. The maximum atomic E-state index is 12.7. The van der Waals surface area contributed by atoms with Gasteiger partial charge in [-0.25, -0.2) is 23.0 Å². The first kappa shape index (κ1) is 20.4. The summed E-state index contributed by atoms with van der Waals surface area (Å²) in [6.45, 7) is 3.76. The smallest absolute Gasteiger partial charge is 0.321 e. The lowest BCUT2D eigenvalue weighted by molar-refractivity contribution is 0.208. The van der Waals surface area contributed by atoms with Crippen LogP contribution in [0.25, 0.3) is 5.69 Å². The zero-order chi connectivity index (χ0) is 21.2. The molecule has 1 aromatic heterocycles. The summed E-state index contributed by atoms with van der Waals surface area (Å²) >= 11 is 0. The van der Waals surface area contributed by atoms with Gasteiger partial charge in [0.2, 0.25) is 10.0 Å². The van der Waals surface area contributed by atoms with Gasteiger partial charge in [0.1, 0.15) is 6.33 Å². The topological polar surface area (TPSA) is 136 Å². The van der Waals surface area contributed by atoms with Crippen molar-refractivity contribution in [3.63, 3.8) is 0 Å². The molecule has 3 rings (SSSR count). The summed E-state index contributed by atoms with van der Waals surface area (Å²) in [4.78, 5) is 14.2. The highest BCUT2D eigenvalue weighted by atomic mass is 32.2. The van der Waals surface area contributed by atoms with Crippen LogP contribution in [0.2, 0.25) is 0 Å². The zero-order valence-electron chi connectivity index (χ0n) is 16.1. The Hall–Kier alpha value is -3.31. The molecule has 10 nitrogen and oxygen atoms in total. The normalized spacial score (nSPS) is 12.4. The molecule has 0 bridgehead atoms. The van der Waals surface area contributed by atoms with Gasteiger partial charge in [-0.3, -0.25) is 0 Å². The van der Waals surface area contributed by atoms with Gasteiger partial charge in [-0.15, -0.1) is 5.10 Å². The second-order valence-corrected chi connectivity index (χ2v) is 8.15. The van der Waals surface area contributed by atoms with Crippen LogP contribution in [0.4, 0.5) is 10.5 Å². The molecule has 2 amide bonds. The number of aromatic nitrogens is 4. The molecule has 152 valence electrons. The Morgan fingerprint density at radius 3 is 2.48 bits per heavy atom. The maximum absolute atomic E-state index is 12.7. The second kappa shape index (κ2) is 7.97. The van der Waals surface area contributed by atoms with Crippen molar-refractivity contribution in [1.29, 1.82) is 0 Å². The van der Waals surface area contributed by atoms with Crippen LogP contribution in [0.3, 0.4) is 0 Å². The first-order chi connectivity index (χ1) is 13.7. The fraction of sp³-hybridized carbons (Fsp3) is 0.222. The highest BCUT2D eigenvalue weighted by Crippen LogP contribution is 2.23. The number of carbonyl (C=O) groups excluding carboxylic acids is 1. The summed E-state index contributed by atoms with van der Waals surface area (Å²) < 4.78 is 24.3. The van der Waals surface area contributed by atoms with E-state index in [1.54, 1.807) is 31.3 Å². The number of sulfonamides is 1. The molecule has 2 aromatic carbocycles. The Labute approximate surface area is 168 Å². The van der Waals surface area contributed by atoms with Gasteiger partial charge in [0.25, 0.3) is 0 Å². The lowest BCUT2D eigenvalue weighted by atomic mass is 10.1. The van der Waals surface area contributed by atoms with Crippen molar-refractivity contribution in [2.75, 3.05) is 12.4 Å². The molecule has 3 aromatic rings. The van der Waals surface area contributed by atoms with Crippen molar-refractivity contribution in [3.8, 4) is 5.69 Å². The maximum Gasteiger partial charge on any atom is 0.322 e. The minimum absolute atomic E-state index is 0.0235. The number of nitrogens with one attached hydrogen (secondary N) is 1. The van der Waals surface area contributed by atoms with Crippen LogP contribution in [0.15, 0.2) is 53.7 Å². The van der Waals surface area contributed by atoms with Gasteiger partial charge < -0.3 is 10.2 Å². The Morgan fingerprint density at radius 2 is 1.90 bits per heavy atom. The molecule has 0 saturated carbocycles. The SMILES string of the molecule is Cc1ccc(NC(=O)N(C)C(C)c2ccc(S(N)(=O)=O)cc2)cc1-n1cnnn1. The number of anilines is 1. The number of carbonyl (C=O) groups is 1. The highest BCUT2D eigenvalue weighted by molar-refractivity contribution is 7.89. The molecule has 1 atom stereocenters. The number of benzene rings is 2. The quantitative estimate of drug-likeness (QED) is 0.652. The van der Waals surface area contributed by atoms with E-state index in [2.05, 4.69) is 20.8 Å². The molecule has 0 aliphatic heterocycles.